The van der Waals surface area contributed by atoms with Gasteiger partial charge in [0.05, 0.1) is 18.8 Å². The van der Waals surface area contributed by atoms with E-state index in [4.69, 9.17) is 4.74 Å². The van der Waals surface area contributed by atoms with Crippen LogP contribution in [0.2, 0.25) is 0 Å². The Morgan fingerprint density at radius 2 is 2.04 bits per heavy atom. The average Bonchev–Trinajstić information content (AvgIpc) is 2.60. The topological polar surface area (TPSA) is 82.1 Å². The lowest BCUT2D eigenvalue weighted by atomic mass is 9.88. The number of ether oxygens (including phenoxy) is 1. The zero-order chi connectivity index (χ0) is 17.4. The number of morpholine rings is 1. The number of aliphatic hydroxyl groups is 1. The van der Waals surface area contributed by atoms with E-state index in [0.29, 0.717) is 25.9 Å². The first-order valence-electron chi connectivity index (χ1n) is 8.71. The molecule has 2 aliphatic heterocycles. The highest BCUT2D eigenvalue weighted by Gasteiger charge is 2.34. The van der Waals surface area contributed by atoms with Gasteiger partial charge in [-0.05, 0) is 19.3 Å². The summed E-state index contributed by atoms with van der Waals surface area (Å²) in [5.74, 6) is -0.154. The predicted molar refractivity (Wildman–Crippen MR) is 90.5 cm³/mol. The molecule has 24 heavy (non-hydrogen) atoms. The zero-order valence-corrected chi connectivity index (χ0v) is 14.5. The van der Waals surface area contributed by atoms with Gasteiger partial charge in [0.15, 0.2) is 0 Å². The van der Waals surface area contributed by atoms with Gasteiger partial charge >= 0.3 is 0 Å². The summed E-state index contributed by atoms with van der Waals surface area (Å²) >= 11 is 0. The van der Waals surface area contributed by atoms with Crippen molar-refractivity contribution in [1.29, 1.82) is 0 Å². The number of rotatable bonds is 6. The highest BCUT2D eigenvalue weighted by molar-refractivity contribution is 5.87. The first-order chi connectivity index (χ1) is 11.5. The maximum Gasteiger partial charge on any atom is 0.246 e. The van der Waals surface area contributed by atoms with Crippen molar-refractivity contribution in [3.05, 3.63) is 12.2 Å². The number of carbonyl (C=O) groups excluding carboxylic acids is 2. The Kier molecular flexibility index (Phi) is 7.20. The summed E-state index contributed by atoms with van der Waals surface area (Å²) in [6, 6.07) is 0. The number of nitrogens with zero attached hydrogens (tertiary/aromatic N) is 2. The van der Waals surface area contributed by atoms with Gasteiger partial charge < -0.3 is 20.1 Å². The number of piperidine rings is 1. The predicted octanol–water partition coefficient (Wildman–Crippen LogP) is -0.245. The molecule has 0 bridgehead atoms. The van der Waals surface area contributed by atoms with Gasteiger partial charge in [0.25, 0.3) is 0 Å². The fourth-order valence-corrected chi connectivity index (χ4v) is 3.17. The lowest BCUT2D eigenvalue weighted by molar-refractivity contribution is -0.134. The molecular weight excluding hydrogens is 310 g/mol. The third-order valence-corrected chi connectivity index (χ3v) is 4.69. The molecule has 2 heterocycles. The fourth-order valence-electron chi connectivity index (χ4n) is 3.17. The Morgan fingerprint density at radius 3 is 2.75 bits per heavy atom. The largest absolute Gasteiger partial charge is 0.388 e. The highest BCUT2D eigenvalue weighted by atomic mass is 16.5. The molecule has 2 N–H and O–H groups in total. The van der Waals surface area contributed by atoms with Crippen LogP contribution in [0.15, 0.2) is 12.2 Å². The van der Waals surface area contributed by atoms with Crippen molar-refractivity contribution >= 4 is 11.8 Å². The third-order valence-electron chi connectivity index (χ3n) is 4.69. The van der Waals surface area contributed by atoms with Gasteiger partial charge in [0.2, 0.25) is 11.8 Å². The van der Waals surface area contributed by atoms with Crippen molar-refractivity contribution in [3.63, 3.8) is 0 Å². The molecular formula is C17H29N3O4. The molecule has 7 nitrogen and oxygen atoms in total. The molecule has 0 radical (unpaired) electrons. The Morgan fingerprint density at radius 1 is 1.29 bits per heavy atom. The first kappa shape index (κ1) is 18.9. The summed E-state index contributed by atoms with van der Waals surface area (Å²) < 4.78 is 5.30. The molecule has 0 saturated carbocycles. The van der Waals surface area contributed by atoms with E-state index < -0.39 is 5.60 Å². The van der Waals surface area contributed by atoms with Gasteiger partial charge in [-0.2, -0.15) is 0 Å². The number of hydrogen-bond donors (Lipinski definition) is 2. The number of nitrogens with one attached hydrogen (secondary N) is 1. The molecule has 0 unspecified atom stereocenters. The maximum atomic E-state index is 12.3. The van der Waals surface area contributed by atoms with Crippen LogP contribution in [0.3, 0.4) is 0 Å². The smallest absolute Gasteiger partial charge is 0.246 e. The van der Waals surface area contributed by atoms with E-state index in [0.717, 1.165) is 39.3 Å². The second-order valence-electron chi connectivity index (χ2n) is 6.58. The van der Waals surface area contributed by atoms with Gasteiger partial charge in [-0.1, -0.05) is 6.08 Å². The molecule has 0 aromatic heterocycles. The maximum absolute atomic E-state index is 12.3. The van der Waals surface area contributed by atoms with Crippen LogP contribution in [0.4, 0.5) is 0 Å². The fraction of sp³-hybridized carbons (Fsp3) is 0.765. The first-order valence-corrected chi connectivity index (χ1v) is 8.71. The van der Waals surface area contributed by atoms with E-state index in [9.17, 15) is 14.7 Å². The average molecular weight is 339 g/mol. The second kappa shape index (κ2) is 9.15. The lowest BCUT2D eigenvalue weighted by Crippen LogP contribution is -2.50. The van der Waals surface area contributed by atoms with E-state index >= 15 is 0 Å². The summed E-state index contributed by atoms with van der Waals surface area (Å²) in [6.45, 7) is 4.96. The van der Waals surface area contributed by atoms with E-state index in [1.807, 2.05) is 6.08 Å². The van der Waals surface area contributed by atoms with Crippen molar-refractivity contribution in [3.8, 4) is 0 Å². The lowest BCUT2D eigenvalue weighted by Gasteiger charge is -2.39. The molecule has 2 fully saturated rings. The quantitative estimate of drug-likeness (QED) is 0.653. The molecule has 2 rings (SSSR count). The van der Waals surface area contributed by atoms with Crippen molar-refractivity contribution < 1.29 is 19.4 Å². The van der Waals surface area contributed by atoms with Crippen molar-refractivity contribution in [2.24, 2.45) is 0 Å². The number of β-amino-alcohol motifs (C(OH)–C–C–N with tert-alkyl or cyclic N) is 1. The third kappa shape index (κ3) is 5.89. The van der Waals surface area contributed by atoms with Crippen LogP contribution in [-0.2, 0) is 14.3 Å². The molecule has 136 valence electrons. The number of likely N-dealkylation sites (tertiary alicyclic amines) is 1. The molecule has 7 heteroatoms. The van der Waals surface area contributed by atoms with Gasteiger partial charge in [0, 0.05) is 52.3 Å². The SMILES string of the molecule is CNC(=O)CC[C@]1(O)CCCN(C(=O)/C=C/CN2CCOCC2)C1. The zero-order valence-electron chi connectivity index (χ0n) is 14.5. The minimum absolute atomic E-state index is 0.0682. The van der Waals surface area contributed by atoms with Crippen molar-refractivity contribution in [2.75, 3.05) is 53.0 Å². The molecule has 0 aromatic rings. The molecule has 0 aromatic carbocycles. The molecule has 2 aliphatic rings. The van der Waals surface area contributed by atoms with Gasteiger partial charge in [-0.3, -0.25) is 14.5 Å². The van der Waals surface area contributed by atoms with Gasteiger partial charge in [-0.25, -0.2) is 0 Å². The molecule has 0 aliphatic carbocycles. The van der Waals surface area contributed by atoms with Crippen LogP contribution in [0.1, 0.15) is 25.7 Å². The minimum atomic E-state index is -0.960. The van der Waals surface area contributed by atoms with Gasteiger partial charge in [-0.15, -0.1) is 0 Å². The van der Waals surface area contributed by atoms with E-state index in [1.54, 1.807) is 18.0 Å². The van der Waals surface area contributed by atoms with Crippen LogP contribution in [0.25, 0.3) is 0 Å². The summed E-state index contributed by atoms with van der Waals surface area (Å²) in [5, 5.41) is 13.2. The van der Waals surface area contributed by atoms with Crippen LogP contribution < -0.4 is 5.32 Å². The summed E-state index contributed by atoms with van der Waals surface area (Å²) in [5.41, 5.74) is -0.960. The standard InChI is InChI=1S/C17H29N3O4/c1-18-15(21)5-7-17(23)6-3-9-20(14-17)16(22)4-2-8-19-10-12-24-13-11-19/h2,4,23H,3,5-14H2,1H3,(H,18,21)/b4-2+/t17-/m1/s1. The van der Waals surface area contributed by atoms with Gasteiger partial charge in [0.1, 0.15) is 0 Å². The summed E-state index contributed by atoms with van der Waals surface area (Å²) in [7, 11) is 1.59. The Balaban J connectivity index is 1.79. The molecule has 2 saturated heterocycles. The van der Waals surface area contributed by atoms with Crippen LogP contribution in [0, 0.1) is 0 Å². The number of carbonyl (C=O) groups is 2. The Labute approximate surface area is 143 Å². The van der Waals surface area contributed by atoms with Crippen LogP contribution in [0.5, 0.6) is 0 Å². The Bertz CT molecular complexity index is 463. The Hall–Kier alpha value is -1.44. The summed E-state index contributed by atoms with van der Waals surface area (Å²) in [6.07, 6.45) is 5.53. The molecule has 0 spiro atoms. The number of amides is 2. The number of hydrogen-bond acceptors (Lipinski definition) is 5. The van der Waals surface area contributed by atoms with E-state index in [-0.39, 0.29) is 18.2 Å². The molecule has 1 atom stereocenters. The van der Waals surface area contributed by atoms with Crippen molar-refractivity contribution in [1.82, 2.24) is 15.1 Å². The van der Waals surface area contributed by atoms with Crippen LogP contribution in [-0.4, -0.2) is 85.3 Å². The molecule has 2 amide bonds. The normalized spacial score (nSPS) is 25.8. The van der Waals surface area contributed by atoms with Crippen LogP contribution >= 0.6 is 0 Å². The monoisotopic (exact) mass is 339 g/mol. The highest BCUT2D eigenvalue weighted by Crippen LogP contribution is 2.26. The van der Waals surface area contributed by atoms with E-state index in [2.05, 4.69) is 10.2 Å². The summed E-state index contributed by atoms with van der Waals surface area (Å²) in [4.78, 5) is 27.6. The van der Waals surface area contributed by atoms with E-state index in [1.165, 1.54) is 0 Å². The second-order valence-corrected chi connectivity index (χ2v) is 6.58. The van der Waals surface area contributed by atoms with Crippen molar-refractivity contribution in [2.45, 2.75) is 31.3 Å². The minimum Gasteiger partial charge on any atom is -0.388 e.